The molecule has 2 amide bonds. The van der Waals surface area contributed by atoms with Crippen molar-refractivity contribution in [2.75, 3.05) is 11.9 Å². The molecule has 0 saturated carbocycles. The molecule has 0 aliphatic heterocycles. The molecule has 1 atom stereocenters. The number of halogens is 2. The van der Waals surface area contributed by atoms with Crippen molar-refractivity contribution >= 4 is 46.2 Å². The van der Waals surface area contributed by atoms with E-state index in [2.05, 4.69) is 22.8 Å². The van der Waals surface area contributed by atoms with Crippen LogP contribution in [0.3, 0.4) is 0 Å². The molecule has 1 heterocycles. The number of hydrogen-bond acceptors (Lipinski definition) is 5. The first-order valence-electron chi connectivity index (χ1n) is 9.26. The van der Waals surface area contributed by atoms with Gasteiger partial charge in [0.1, 0.15) is 10.8 Å². The summed E-state index contributed by atoms with van der Waals surface area (Å²) in [6.45, 7) is 4.15. The highest BCUT2D eigenvalue weighted by Crippen LogP contribution is 2.40. The lowest BCUT2D eigenvalue weighted by atomic mass is 9.88. The first kappa shape index (κ1) is 21.3. The Hall–Kier alpha value is -2.45. The maximum atomic E-state index is 13.7. The van der Waals surface area contributed by atoms with Crippen molar-refractivity contribution in [2.45, 2.75) is 33.1 Å². The summed E-state index contributed by atoms with van der Waals surface area (Å²) < 4.78 is 18.9. The van der Waals surface area contributed by atoms with Gasteiger partial charge in [-0.1, -0.05) is 24.6 Å². The number of nitrogens with one attached hydrogen (secondary N) is 2. The molecule has 0 fully saturated rings. The Balaban J connectivity index is 1.76. The molecule has 2 N–H and O–H groups in total. The first-order valence-corrected chi connectivity index (χ1v) is 10.5. The van der Waals surface area contributed by atoms with E-state index in [1.165, 1.54) is 29.5 Å². The number of fused-ring (bicyclic) bond motifs is 1. The lowest BCUT2D eigenvalue weighted by Crippen LogP contribution is -2.25. The Labute approximate surface area is 177 Å². The standard InChI is InChI=1S/C20H21ClFN3O3S/c1-3-28-19(26)17-12-8-7-11(2)9-16(12)29-18(17)24-20(27)25-23-10-13-14(21)5-4-6-15(13)22/h4-6,10-11H,3,7-9H2,1-2H3,(H2,24,25,27)/b23-10+. The summed E-state index contributed by atoms with van der Waals surface area (Å²) in [5.74, 6) is -0.474. The van der Waals surface area contributed by atoms with Crippen molar-refractivity contribution < 1.29 is 18.7 Å². The van der Waals surface area contributed by atoms with E-state index in [9.17, 15) is 14.0 Å². The van der Waals surface area contributed by atoms with Gasteiger partial charge in [0, 0.05) is 10.4 Å². The Morgan fingerprint density at radius 1 is 1.45 bits per heavy atom. The summed E-state index contributed by atoms with van der Waals surface area (Å²) >= 11 is 7.30. The summed E-state index contributed by atoms with van der Waals surface area (Å²) in [5.41, 5.74) is 3.70. The predicted octanol–water partition coefficient (Wildman–Crippen LogP) is 5.00. The molecule has 1 aromatic carbocycles. The van der Waals surface area contributed by atoms with Crippen molar-refractivity contribution in [3.05, 3.63) is 50.6 Å². The van der Waals surface area contributed by atoms with E-state index in [1.807, 2.05) is 0 Å². The van der Waals surface area contributed by atoms with Gasteiger partial charge < -0.3 is 4.74 Å². The molecule has 0 spiro atoms. The van der Waals surface area contributed by atoms with Gasteiger partial charge in [0.2, 0.25) is 0 Å². The van der Waals surface area contributed by atoms with E-state index >= 15 is 0 Å². The van der Waals surface area contributed by atoms with Gasteiger partial charge in [-0.05, 0) is 49.8 Å². The quantitative estimate of drug-likeness (QED) is 0.392. The number of thiophene rings is 1. The molecule has 2 aromatic rings. The third-order valence-corrected chi connectivity index (χ3v) is 6.08. The zero-order valence-electron chi connectivity index (χ0n) is 16.1. The number of hydrogen-bond donors (Lipinski definition) is 2. The first-order chi connectivity index (χ1) is 13.9. The minimum atomic E-state index is -0.647. The van der Waals surface area contributed by atoms with Gasteiger partial charge in [-0.3, -0.25) is 5.32 Å². The van der Waals surface area contributed by atoms with Gasteiger partial charge >= 0.3 is 12.0 Å². The second-order valence-electron chi connectivity index (χ2n) is 6.74. The van der Waals surface area contributed by atoms with Crippen LogP contribution in [-0.4, -0.2) is 24.8 Å². The third kappa shape index (κ3) is 4.94. The Morgan fingerprint density at radius 2 is 2.24 bits per heavy atom. The SMILES string of the molecule is CCOC(=O)c1c(NC(=O)N/N=C/c2c(F)cccc2Cl)sc2c1CCC(C)C2. The van der Waals surface area contributed by atoms with Crippen LogP contribution < -0.4 is 10.7 Å². The zero-order valence-corrected chi connectivity index (χ0v) is 17.6. The normalized spacial score (nSPS) is 15.8. The molecular formula is C20H21ClFN3O3S. The van der Waals surface area contributed by atoms with Gasteiger partial charge in [0.25, 0.3) is 0 Å². The Bertz CT molecular complexity index is 940. The third-order valence-electron chi connectivity index (χ3n) is 4.58. The molecule has 29 heavy (non-hydrogen) atoms. The highest BCUT2D eigenvalue weighted by molar-refractivity contribution is 7.17. The van der Waals surface area contributed by atoms with E-state index in [1.54, 1.807) is 6.92 Å². The molecule has 1 aliphatic rings. The van der Waals surface area contributed by atoms with Crippen LogP contribution in [0.5, 0.6) is 0 Å². The van der Waals surface area contributed by atoms with Crippen LogP contribution in [0, 0.1) is 11.7 Å². The van der Waals surface area contributed by atoms with Crippen molar-refractivity contribution in [1.29, 1.82) is 0 Å². The van der Waals surface area contributed by atoms with Crippen LogP contribution >= 0.6 is 22.9 Å². The van der Waals surface area contributed by atoms with E-state index in [0.29, 0.717) is 16.5 Å². The topological polar surface area (TPSA) is 79.8 Å². The average Bonchev–Trinajstić information content (AvgIpc) is 3.01. The average molecular weight is 438 g/mol. The molecule has 0 bridgehead atoms. The molecule has 1 unspecified atom stereocenters. The maximum absolute atomic E-state index is 13.7. The minimum absolute atomic E-state index is 0.0715. The van der Waals surface area contributed by atoms with Crippen LogP contribution in [0.2, 0.25) is 5.02 Å². The molecule has 6 nitrogen and oxygen atoms in total. The molecule has 154 valence electrons. The Morgan fingerprint density at radius 3 is 2.97 bits per heavy atom. The fourth-order valence-corrected chi connectivity index (χ4v) is 4.78. The monoisotopic (exact) mass is 437 g/mol. The fraction of sp³-hybridized carbons (Fsp3) is 0.350. The number of nitrogens with zero attached hydrogens (tertiary/aromatic N) is 1. The second-order valence-corrected chi connectivity index (χ2v) is 8.25. The number of urea groups is 1. The molecule has 9 heteroatoms. The van der Waals surface area contributed by atoms with Gasteiger partial charge in [-0.2, -0.15) is 5.10 Å². The lowest BCUT2D eigenvalue weighted by Gasteiger charge is -2.18. The number of carbonyl (C=O) groups is 2. The molecule has 1 aliphatic carbocycles. The summed E-state index contributed by atoms with van der Waals surface area (Å²) in [6, 6.07) is 3.60. The highest BCUT2D eigenvalue weighted by atomic mass is 35.5. The Kier molecular flexibility index (Phi) is 6.87. The van der Waals surface area contributed by atoms with Crippen LogP contribution in [0.1, 0.15) is 46.6 Å². The van der Waals surface area contributed by atoms with Gasteiger partial charge in [0.05, 0.1) is 23.4 Å². The largest absolute Gasteiger partial charge is 0.462 e. The lowest BCUT2D eigenvalue weighted by molar-refractivity contribution is 0.0526. The van der Waals surface area contributed by atoms with E-state index in [0.717, 1.165) is 35.9 Å². The van der Waals surface area contributed by atoms with E-state index < -0.39 is 17.8 Å². The second kappa shape index (κ2) is 9.37. The minimum Gasteiger partial charge on any atom is -0.462 e. The van der Waals surface area contributed by atoms with E-state index in [4.69, 9.17) is 16.3 Å². The summed E-state index contributed by atoms with van der Waals surface area (Å²) in [6.07, 6.45) is 3.74. The molecule has 0 saturated heterocycles. The maximum Gasteiger partial charge on any atom is 0.341 e. The fourth-order valence-electron chi connectivity index (χ4n) is 3.18. The van der Waals surface area contributed by atoms with Crippen LogP contribution in [-0.2, 0) is 17.6 Å². The number of ether oxygens (including phenoxy) is 1. The number of esters is 1. The predicted molar refractivity (Wildman–Crippen MR) is 113 cm³/mol. The number of rotatable bonds is 5. The van der Waals surface area contributed by atoms with Crippen LogP contribution in [0.25, 0.3) is 0 Å². The molecule has 1 aromatic heterocycles. The summed E-state index contributed by atoms with van der Waals surface area (Å²) in [4.78, 5) is 25.8. The molecule has 0 radical (unpaired) electrons. The van der Waals surface area contributed by atoms with Gasteiger partial charge in [-0.15, -0.1) is 11.3 Å². The van der Waals surface area contributed by atoms with Gasteiger partial charge in [0.15, 0.2) is 0 Å². The smallest absolute Gasteiger partial charge is 0.341 e. The van der Waals surface area contributed by atoms with Crippen LogP contribution in [0.4, 0.5) is 14.2 Å². The summed E-state index contributed by atoms with van der Waals surface area (Å²) in [5, 5.41) is 7.02. The summed E-state index contributed by atoms with van der Waals surface area (Å²) in [7, 11) is 0. The van der Waals surface area contributed by atoms with Crippen molar-refractivity contribution in [1.82, 2.24) is 5.43 Å². The highest BCUT2D eigenvalue weighted by Gasteiger charge is 2.29. The molecule has 3 rings (SSSR count). The van der Waals surface area contributed by atoms with Crippen molar-refractivity contribution in [3.8, 4) is 0 Å². The molecular weight excluding hydrogens is 417 g/mol. The number of hydrazone groups is 1. The van der Waals surface area contributed by atoms with Crippen molar-refractivity contribution in [3.63, 3.8) is 0 Å². The number of amides is 2. The van der Waals surface area contributed by atoms with Gasteiger partial charge in [-0.25, -0.2) is 19.4 Å². The van der Waals surface area contributed by atoms with Crippen molar-refractivity contribution in [2.24, 2.45) is 11.0 Å². The zero-order chi connectivity index (χ0) is 21.0. The van der Waals surface area contributed by atoms with Crippen LogP contribution in [0.15, 0.2) is 23.3 Å². The number of benzene rings is 1. The number of anilines is 1. The van der Waals surface area contributed by atoms with E-state index in [-0.39, 0.29) is 17.2 Å². The number of carbonyl (C=O) groups excluding carboxylic acids is 2.